The van der Waals surface area contributed by atoms with Gasteiger partial charge in [0.25, 0.3) is 0 Å². The van der Waals surface area contributed by atoms with E-state index in [1.807, 2.05) is 38.1 Å². The molecule has 1 heterocycles. The Morgan fingerprint density at radius 3 is 2.50 bits per heavy atom. The van der Waals surface area contributed by atoms with Gasteiger partial charge >= 0.3 is 0 Å². The van der Waals surface area contributed by atoms with Crippen molar-refractivity contribution >= 4 is 29.3 Å². The minimum Gasteiger partial charge on any atom is -0.486 e. The second-order valence-corrected chi connectivity index (χ2v) is 7.47. The predicted octanol–water partition coefficient (Wildman–Crippen LogP) is 3.35. The van der Waals surface area contributed by atoms with Crippen LogP contribution in [0, 0.1) is 6.92 Å². The number of anilines is 1. The molecule has 0 radical (unpaired) electrons. The molecule has 2 amide bonds. The van der Waals surface area contributed by atoms with Crippen molar-refractivity contribution in [1.29, 1.82) is 0 Å². The predicted molar refractivity (Wildman–Crippen MR) is 110 cm³/mol. The number of amides is 2. The fourth-order valence-electron chi connectivity index (χ4n) is 2.74. The summed E-state index contributed by atoms with van der Waals surface area (Å²) in [5, 5.41) is 2.82. The number of hydrogen-bond donors (Lipinski definition) is 1. The van der Waals surface area contributed by atoms with Gasteiger partial charge in [-0.2, -0.15) is 0 Å². The number of nitrogens with one attached hydrogen (secondary N) is 1. The zero-order valence-electron chi connectivity index (χ0n) is 16.1. The van der Waals surface area contributed by atoms with E-state index in [4.69, 9.17) is 9.47 Å². The van der Waals surface area contributed by atoms with E-state index in [0.29, 0.717) is 42.7 Å². The lowest BCUT2D eigenvalue weighted by atomic mass is 10.2. The van der Waals surface area contributed by atoms with Gasteiger partial charge in [0.1, 0.15) is 13.2 Å². The number of thioether (sulfide) groups is 1. The van der Waals surface area contributed by atoms with E-state index < -0.39 is 0 Å². The van der Waals surface area contributed by atoms with Crippen LogP contribution in [0.3, 0.4) is 0 Å². The van der Waals surface area contributed by atoms with Crippen LogP contribution in [0.1, 0.15) is 12.5 Å². The molecule has 0 aromatic heterocycles. The van der Waals surface area contributed by atoms with Crippen molar-refractivity contribution in [1.82, 2.24) is 4.90 Å². The number of hydrogen-bond acceptors (Lipinski definition) is 5. The van der Waals surface area contributed by atoms with Crippen molar-refractivity contribution in [3.8, 4) is 11.5 Å². The van der Waals surface area contributed by atoms with Crippen molar-refractivity contribution in [2.45, 2.75) is 18.7 Å². The summed E-state index contributed by atoms with van der Waals surface area (Å²) in [6, 6.07) is 13.3. The molecule has 0 aliphatic carbocycles. The van der Waals surface area contributed by atoms with E-state index in [9.17, 15) is 9.59 Å². The molecule has 0 atom stereocenters. The monoisotopic (exact) mass is 400 g/mol. The third kappa shape index (κ3) is 5.42. The summed E-state index contributed by atoms with van der Waals surface area (Å²) in [6.45, 7) is 5.39. The molecule has 0 saturated carbocycles. The van der Waals surface area contributed by atoms with E-state index in [1.54, 1.807) is 23.1 Å². The average molecular weight is 401 g/mol. The zero-order valence-corrected chi connectivity index (χ0v) is 16.9. The van der Waals surface area contributed by atoms with Gasteiger partial charge in [-0.25, -0.2) is 0 Å². The second kappa shape index (κ2) is 9.50. The van der Waals surface area contributed by atoms with Crippen LogP contribution in [-0.4, -0.2) is 48.8 Å². The number of carbonyl (C=O) groups is 2. The molecule has 6 nitrogen and oxygen atoms in total. The normalized spacial score (nSPS) is 12.4. The molecule has 0 unspecified atom stereocenters. The Morgan fingerprint density at radius 2 is 1.79 bits per heavy atom. The maximum absolute atomic E-state index is 12.5. The number of likely N-dealkylation sites (N-methyl/N-ethyl adjacent to an activating group) is 1. The maximum Gasteiger partial charge on any atom is 0.243 e. The quantitative estimate of drug-likeness (QED) is 0.722. The Balaban J connectivity index is 1.52. The summed E-state index contributed by atoms with van der Waals surface area (Å²) >= 11 is 1.47. The van der Waals surface area contributed by atoms with Gasteiger partial charge in [-0.05, 0) is 38.1 Å². The topological polar surface area (TPSA) is 67.9 Å². The maximum atomic E-state index is 12.5. The van der Waals surface area contributed by atoms with Gasteiger partial charge in [-0.15, -0.1) is 11.8 Å². The van der Waals surface area contributed by atoms with Crippen molar-refractivity contribution in [2.75, 3.05) is 37.4 Å². The molecule has 1 aliphatic rings. The highest BCUT2D eigenvalue weighted by molar-refractivity contribution is 8.00. The highest BCUT2D eigenvalue weighted by Crippen LogP contribution is 2.32. The molecule has 2 aromatic carbocycles. The van der Waals surface area contributed by atoms with Crippen LogP contribution in [0.5, 0.6) is 11.5 Å². The van der Waals surface area contributed by atoms with Gasteiger partial charge in [0.05, 0.1) is 12.3 Å². The summed E-state index contributed by atoms with van der Waals surface area (Å²) < 4.78 is 11.0. The molecule has 0 bridgehead atoms. The van der Waals surface area contributed by atoms with Crippen molar-refractivity contribution < 1.29 is 19.1 Å². The molecule has 148 valence electrons. The van der Waals surface area contributed by atoms with Gasteiger partial charge in [-0.3, -0.25) is 9.59 Å². The van der Waals surface area contributed by atoms with Crippen LogP contribution in [0.25, 0.3) is 0 Å². The van der Waals surface area contributed by atoms with E-state index in [2.05, 4.69) is 5.32 Å². The Kier molecular flexibility index (Phi) is 6.81. The number of fused-ring (bicyclic) bond motifs is 1. The minimum absolute atomic E-state index is 0.0121. The number of carbonyl (C=O) groups excluding carboxylic acids is 2. The number of rotatable bonds is 7. The molecular formula is C21H24N2O4S. The minimum atomic E-state index is -0.243. The molecule has 2 aromatic rings. The van der Waals surface area contributed by atoms with E-state index in [-0.39, 0.29) is 18.4 Å². The number of aryl methyl sites for hydroxylation is 1. The number of nitrogens with zero attached hydrogens (tertiary/aromatic N) is 1. The largest absolute Gasteiger partial charge is 0.486 e. The van der Waals surface area contributed by atoms with Crippen molar-refractivity contribution in [3.05, 3.63) is 48.0 Å². The fraction of sp³-hybridized carbons (Fsp3) is 0.333. The van der Waals surface area contributed by atoms with Gasteiger partial charge in [0.15, 0.2) is 11.5 Å². The van der Waals surface area contributed by atoms with Crippen LogP contribution in [0.2, 0.25) is 0 Å². The average Bonchev–Trinajstić information content (AvgIpc) is 2.71. The first-order chi connectivity index (χ1) is 13.5. The van der Waals surface area contributed by atoms with E-state index in [1.165, 1.54) is 17.3 Å². The molecule has 7 heteroatoms. The van der Waals surface area contributed by atoms with Crippen LogP contribution >= 0.6 is 11.8 Å². The first-order valence-electron chi connectivity index (χ1n) is 9.22. The van der Waals surface area contributed by atoms with Crippen LogP contribution < -0.4 is 14.8 Å². The van der Waals surface area contributed by atoms with Crippen molar-refractivity contribution in [3.63, 3.8) is 0 Å². The summed E-state index contributed by atoms with van der Waals surface area (Å²) in [5.41, 5.74) is 1.80. The smallest absolute Gasteiger partial charge is 0.243 e. The lowest BCUT2D eigenvalue weighted by Crippen LogP contribution is -2.38. The van der Waals surface area contributed by atoms with Gasteiger partial charge in [-0.1, -0.05) is 17.7 Å². The molecular weight excluding hydrogens is 376 g/mol. The SMILES string of the molecule is CCN(CC(=O)Nc1ccc2c(c1)OCCO2)C(=O)CSc1ccc(C)cc1. The third-order valence-corrected chi connectivity index (χ3v) is 5.27. The molecule has 0 saturated heterocycles. The molecule has 1 aliphatic heterocycles. The molecule has 0 fully saturated rings. The van der Waals surface area contributed by atoms with Crippen LogP contribution in [0.15, 0.2) is 47.4 Å². The third-order valence-electron chi connectivity index (χ3n) is 4.28. The Hall–Kier alpha value is -2.67. The number of ether oxygens (including phenoxy) is 2. The van der Waals surface area contributed by atoms with E-state index in [0.717, 1.165) is 4.90 Å². The standard InChI is InChI=1S/C21H24N2O4S/c1-3-23(21(25)14-28-17-7-4-15(2)5-8-17)13-20(24)22-16-6-9-18-19(12-16)27-11-10-26-18/h4-9,12H,3,10-11,13-14H2,1-2H3,(H,22,24). The Morgan fingerprint density at radius 1 is 1.07 bits per heavy atom. The number of benzene rings is 2. The molecule has 1 N–H and O–H groups in total. The van der Waals surface area contributed by atoms with Gasteiger partial charge < -0.3 is 19.7 Å². The first kappa shape index (κ1) is 20.1. The van der Waals surface area contributed by atoms with E-state index >= 15 is 0 Å². The van der Waals surface area contributed by atoms with Gasteiger partial charge in [0, 0.05) is 23.2 Å². The lowest BCUT2D eigenvalue weighted by Gasteiger charge is -2.21. The molecule has 3 rings (SSSR count). The summed E-state index contributed by atoms with van der Waals surface area (Å²) in [6.07, 6.45) is 0. The second-order valence-electron chi connectivity index (χ2n) is 6.42. The van der Waals surface area contributed by atoms with Gasteiger partial charge in [0.2, 0.25) is 11.8 Å². The Bertz CT molecular complexity index is 839. The van der Waals surface area contributed by atoms with Crippen LogP contribution in [-0.2, 0) is 9.59 Å². The summed E-state index contributed by atoms with van der Waals surface area (Å²) in [5.74, 6) is 1.27. The first-order valence-corrected chi connectivity index (χ1v) is 10.2. The fourth-order valence-corrected chi connectivity index (χ4v) is 3.54. The van der Waals surface area contributed by atoms with Crippen molar-refractivity contribution in [2.24, 2.45) is 0 Å². The highest BCUT2D eigenvalue weighted by atomic mass is 32.2. The highest BCUT2D eigenvalue weighted by Gasteiger charge is 2.17. The molecule has 28 heavy (non-hydrogen) atoms. The Labute approximate surface area is 169 Å². The zero-order chi connectivity index (χ0) is 19.9. The summed E-state index contributed by atoms with van der Waals surface area (Å²) in [4.78, 5) is 27.5. The lowest BCUT2D eigenvalue weighted by molar-refractivity contribution is -0.132. The van der Waals surface area contributed by atoms with Crippen LogP contribution in [0.4, 0.5) is 5.69 Å². The molecule has 0 spiro atoms. The summed E-state index contributed by atoms with van der Waals surface area (Å²) in [7, 11) is 0.